The van der Waals surface area contributed by atoms with Crippen LogP contribution in [0, 0.1) is 27.7 Å². The second-order valence-electron chi connectivity index (χ2n) is 9.96. The first-order valence-corrected chi connectivity index (χ1v) is 14.0. The van der Waals surface area contributed by atoms with Crippen LogP contribution in [-0.2, 0) is 16.5 Å². The maximum Gasteiger partial charge on any atom is 0.294 e. The number of nitrogens with two attached hydrogens (primary N) is 1. The molecule has 39 heavy (non-hydrogen) atoms. The van der Waals surface area contributed by atoms with Crippen LogP contribution in [0.15, 0.2) is 60.0 Å². The SMILES string of the molecule is C=C(NC1NC(O)NC(Nc2c(C)cc(Cc3cc(C)c(N)c(C)c3)cc2C)N1)c1ccc(S(=O)(=O)O)cc1. The average Bonchev–Trinajstić information content (AvgIpc) is 2.84. The predicted molar refractivity (Wildman–Crippen MR) is 154 cm³/mol. The van der Waals surface area contributed by atoms with Gasteiger partial charge in [0.2, 0.25) is 0 Å². The van der Waals surface area contributed by atoms with E-state index in [0.717, 1.165) is 40.0 Å². The van der Waals surface area contributed by atoms with Crippen LogP contribution in [0.25, 0.3) is 5.70 Å². The minimum Gasteiger partial charge on any atom is -0.398 e. The lowest BCUT2D eigenvalue weighted by Crippen LogP contribution is -2.72. The molecule has 0 aliphatic carbocycles. The third-order valence-electron chi connectivity index (χ3n) is 6.74. The molecule has 1 heterocycles. The number of aryl methyl sites for hydroxylation is 4. The van der Waals surface area contributed by atoms with Crippen LogP contribution in [0.2, 0.25) is 0 Å². The van der Waals surface area contributed by atoms with Crippen molar-refractivity contribution in [1.82, 2.24) is 21.3 Å². The molecule has 0 radical (unpaired) electrons. The molecule has 4 rings (SSSR count). The molecule has 9 N–H and O–H groups in total. The molecule has 3 atom stereocenters. The van der Waals surface area contributed by atoms with Gasteiger partial charge in [0.25, 0.3) is 10.1 Å². The van der Waals surface area contributed by atoms with Gasteiger partial charge in [-0.2, -0.15) is 8.42 Å². The van der Waals surface area contributed by atoms with E-state index in [1.54, 1.807) is 0 Å². The van der Waals surface area contributed by atoms with E-state index in [2.05, 4.69) is 57.4 Å². The molecule has 10 nitrogen and oxygen atoms in total. The van der Waals surface area contributed by atoms with Crippen molar-refractivity contribution in [2.45, 2.75) is 57.9 Å². The van der Waals surface area contributed by atoms with Gasteiger partial charge in [-0.3, -0.25) is 9.87 Å². The molecule has 208 valence electrons. The summed E-state index contributed by atoms with van der Waals surface area (Å²) < 4.78 is 31.8. The summed E-state index contributed by atoms with van der Waals surface area (Å²) in [6.07, 6.45) is -1.28. The molecule has 11 heteroatoms. The van der Waals surface area contributed by atoms with Crippen LogP contribution in [-0.4, -0.2) is 37.0 Å². The van der Waals surface area contributed by atoms with Gasteiger partial charge in [0, 0.05) is 17.1 Å². The first-order chi connectivity index (χ1) is 18.3. The van der Waals surface area contributed by atoms with E-state index >= 15 is 0 Å². The molecule has 1 aliphatic heterocycles. The van der Waals surface area contributed by atoms with Crippen LogP contribution in [0.5, 0.6) is 0 Å². The number of nitrogen functional groups attached to an aromatic ring is 1. The Balaban J connectivity index is 1.43. The van der Waals surface area contributed by atoms with Crippen molar-refractivity contribution in [3.05, 3.63) is 94.1 Å². The summed E-state index contributed by atoms with van der Waals surface area (Å²) in [5.41, 5.74) is 15.7. The van der Waals surface area contributed by atoms with Crippen LogP contribution in [0.1, 0.15) is 38.9 Å². The van der Waals surface area contributed by atoms with Crippen LogP contribution < -0.4 is 32.3 Å². The highest BCUT2D eigenvalue weighted by atomic mass is 32.2. The van der Waals surface area contributed by atoms with E-state index in [9.17, 15) is 18.1 Å². The summed E-state index contributed by atoms with van der Waals surface area (Å²) in [4.78, 5) is -0.202. The molecule has 3 unspecified atom stereocenters. The third kappa shape index (κ3) is 6.95. The highest BCUT2D eigenvalue weighted by Gasteiger charge is 2.26. The quantitative estimate of drug-likeness (QED) is 0.154. The molecule has 0 bridgehead atoms. The maximum absolute atomic E-state index is 11.3. The molecule has 3 aromatic rings. The van der Waals surface area contributed by atoms with Gasteiger partial charge in [-0.15, -0.1) is 0 Å². The van der Waals surface area contributed by atoms with Gasteiger partial charge in [-0.05, 0) is 85.2 Å². The van der Waals surface area contributed by atoms with E-state index < -0.39 is 29.0 Å². The third-order valence-corrected chi connectivity index (χ3v) is 7.61. The highest BCUT2D eigenvalue weighted by Crippen LogP contribution is 2.26. The van der Waals surface area contributed by atoms with Gasteiger partial charge in [0.1, 0.15) is 12.6 Å². The van der Waals surface area contributed by atoms with E-state index in [1.807, 2.05) is 27.7 Å². The molecule has 1 fully saturated rings. The fourth-order valence-electron chi connectivity index (χ4n) is 4.81. The standard InChI is InChI=1S/C28H36N6O4S/c1-15-10-20(11-16(2)24(15)29)14-21-12-17(3)25(18(4)13-21)31-27-32-26(33-28(35)34-27)30-19(5)22-6-8-23(9-7-22)39(36,37)38/h6-13,26-28,30-35H,5,14,29H2,1-4H3,(H,36,37,38). The summed E-state index contributed by atoms with van der Waals surface area (Å²) in [6.45, 7) is 12.1. The second kappa shape index (κ2) is 11.3. The van der Waals surface area contributed by atoms with Crippen LogP contribution in [0.4, 0.5) is 11.4 Å². The van der Waals surface area contributed by atoms with Gasteiger partial charge in [-0.1, -0.05) is 43.0 Å². The van der Waals surface area contributed by atoms with Crippen LogP contribution >= 0.6 is 0 Å². The van der Waals surface area contributed by atoms with Crippen molar-refractivity contribution in [3.8, 4) is 0 Å². The van der Waals surface area contributed by atoms with Crippen molar-refractivity contribution in [3.63, 3.8) is 0 Å². The molecule has 3 aromatic carbocycles. The molecular weight excluding hydrogens is 516 g/mol. The van der Waals surface area contributed by atoms with Crippen molar-refractivity contribution in [2.75, 3.05) is 11.1 Å². The van der Waals surface area contributed by atoms with E-state index in [4.69, 9.17) is 5.73 Å². The topological polar surface area (TPSA) is 161 Å². The normalized spacial score (nSPS) is 19.5. The Labute approximate surface area is 229 Å². The smallest absolute Gasteiger partial charge is 0.294 e. The zero-order valence-corrected chi connectivity index (χ0v) is 23.3. The Bertz CT molecular complexity index is 1440. The molecular formula is C28H36N6O4S. The zero-order chi connectivity index (χ0) is 28.5. The summed E-state index contributed by atoms with van der Waals surface area (Å²) >= 11 is 0. The van der Waals surface area contributed by atoms with Gasteiger partial charge in [-0.25, -0.2) is 10.6 Å². The number of rotatable bonds is 8. The number of benzene rings is 3. The predicted octanol–water partition coefficient (Wildman–Crippen LogP) is 2.64. The van der Waals surface area contributed by atoms with Crippen molar-refractivity contribution >= 4 is 27.2 Å². The molecule has 0 spiro atoms. The molecule has 0 amide bonds. The number of hydrogen-bond donors (Lipinski definition) is 8. The minimum absolute atomic E-state index is 0.202. The fraction of sp³-hybridized carbons (Fsp3) is 0.286. The number of aliphatic hydroxyl groups excluding tert-OH is 1. The number of nitrogens with one attached hydrogen (secondary N) is 5. The number of aliphatic hydroxyl groups is 1. The van der Waals surface area contributed by atoms with Gasteiger partial charge in [0.05, 0.1) is 4.90 Å². The Kier molecular flexibility index (Phi) is 8.31. The summed E-state index contributed by atoms with van der Waals surface area (Å²) in [5.74, 6) is 0. The average molecular weight is 553 g/mol. The number of anilines is 2. The van der Waals surface area contributed by atoms with Crippen molar-refractivity contribution < 1.29 is 18.1 Å². The van der Waals surface area contributed by atoms with Crippen molar-refractivity contribution in [2.24, 2.45) is 0 Å². The monoisotopic (exact) mass is 552 g/mol. The molecule has 1 saturated heterocycles. The lowest BCUT2D eigenvalue weighted by Gasteiger charge is -2.38. The lowest BCUT2D eigenvalue weighted by atomic mass is 9.96. The Hall–Kier alpha value is -3.45. The summed E-state index contributed by atoms with van der Waals surface area (Å²) in [5, 5.41) is 26.2. The second-order valence-corrected chi connectivity index (χ2v) is 11.4. The molecule has 1 aliphatic rings. The lowest BCUT2D eigenvalue weighted by molar-refractivity contribution is 0.0299. The maximum atomic E-state index is 11.3. The first kappa shape index (κ1) is 28.6. The minimum atomic E-state index is -4.28. The van der Waals surface area contributed by atoms with Gasteiger partial charge in [0.15, 0.2) is 6.35 Å². The largest absolute Gasteiger partial charge is 0.398 e. The van der Waals surface area contributed by atoms with Crippen LogP contribution in [0.3, 0.4) is 0 Å². The zero-order valence-electron chi connectivity index (χ0n) is 22.5. The molecule has 0 aromatic heterocycles. The number of hydrogen-bond acceptors (Lipinski definition) is 9. The fourth-order valence-corrected chi connectivity index (χ4v) is 5.29. The van der Waals surface area contributed by atoms with Crippen molar-refractivity contribution in [1.29, 1.82) is 0 Å². The van der Waals surface area contributed by atoms with Gasteiger partial charge < -0.3 is 21.5 Å². The van der Waals surface area contributed by atoms with E-state index in [1.165, 1.54) is 35.4 Å². The first-order valence-electron chi connectivity index (χ1n) is 12.5. The Morgan fingerprint density at radius 3 is 1.95 bits per heavy atom. The summed E-state index contributed by atoms with van der Waals surface area (Å²) in [6, 6.07) is 14.2. The Morgan fingerprint density at radius 2 is 1.41 bits per heavy atom. The Morgan fingerprint density at radius 1 is 0.897 bits per heavy atom. The summed E-state index contributed by atoms with van der Waals surface area (Å²) in [7, 11) is -4.28. The van der Waals surface area contributed by atoms with Gasteiger partial charge >= 0.3 is 0 Å². The highest BCUT2D eigenvalue weighted by molar-refractivity contribution is 7.85. The van der Waals surface area contributed by atoms with E-state index in [0.29, 0.717) is 11.3 Å². The molecule has 0 saturated carbocycles. The van der Waals surface area contributed by atoms with E-state index in [-0.39, 0.29) is 4.90 Å².